The quantitative estimate of drug-likeness (QED) is 0.481. The maximum absolute atomic E-state index is 13.7. The number of para-hydroxylation sites is 1. The lowest BCUT2D eigenvalue weighted by Gasteiger charge is -2.12. The Labute approximate surface area is 171 Å². The van der Waals surface area contributed by atoms with E-state index in [0.29, 0.717) is 51.5 Å². The highest BCUT2D eigenvalue weighted by molar-refractivity contribution is 7.98. The van der Waals surface area contributed by atoms with Crippen LogP contribution in [-0.2, 0) is 12.3 Å². The Morgan fingerprint density at radius 1 is 1.14 bits per heavy atom. The van der Waals surface area contributed by atoms with Crippen LogP contribution < -0.4 is 5.56 Å². The zero-order chi connectivity index (χ0) is 20.4. The van der Waals surface area contributed by atoms with E-state index in [1.165, 1.54) is 23.9 Å². The lowest BCUT2D eigenvalue weighted by atomic mass is 10.2. The molecule has 0 aliphatic rings. The second kappa shape index (κ2) is 8.16. The van der Waals surface area contributed by atoms with Crippen LogP contribution in [0.1, 0.15) is 19.7 Å². The Bertz CT molecular complexity index is 1220. The van der Waals surface area contributed by atoms with Crippen molar-refractivity contribution in [3.63, 3.8) is 0 Å². The van der Waals surface area contributed by atoms with Crippen LogP contribution in [-0.4, -0.2) is 24.7 Å². The summed E-state index contributed by atoms with van der Waals surface area (Å²) in [5, 5.41) is 9.87. The number of halogens is 1. The number of H-pyrrole nitrogens is 1. The molecule has 0 aliphatic heterocycles. The van der Waals surface area contributed by atoms with Gasteiger partial charge in [0.25, 0.3) is 5.56 Å². The number of aromatic nitrogens is 5. The second-order valence-corrected chi connectivity index (χ2v) is 8.08. The number of nitrogens with one attached hydrogen (secondary N) is 1. The molecule has 8 heteroatoms. The number of hydrogen-bond donors (Lipinski definition) is 1. The molecule has 0 atom stereocenters. The molecule has 0 amide bonds. The lowest BCUT2D eigenvalue weighted by Crippen LogP contribution is -2.11. The maximum Gasteiger partial charge on any atom is 0.258 e. The number of rotatable bonds is 6. The number of thioether (sulfide) groups is 1. The standard InChI is InChI=1S/C21H20FN5OS/c1-13(2)11-27-19(14-6-5-7-15(22)10-14)25-26-21(27)29-12-18-23-17-9-4-3-8-16(17)20(28)24-18/h3-10,13H,11-12H2,1-2H3,(H,23,24,28). The van der Waals surface area contributed by atoms with Crippen molar-refractivity contribution < 1.29 is 4.39 Å². The fourth-order valence-electron chi connectivity index (χ4n) is 3.10. The molecule has 2 aromatic heterocycles. The molecule has 29 heavy (non-hydrogen) atoms. The van der Waals surface area contributed by atoms with Gasteiger partial charge in [-0.15, -0.1) is 10.2 Å². The highest BCUT2D eigenvalue weighted by Crippen LogP contribution is 2.27. The summed E-state index contributed by atoms with van der Waals surface area (Å²) in [6.45, 7) is 4.90. The van der Waals surface area contributed by atoms with Gasteiger partial charge in [-0.1, -0.05) is 49.9 Å². The van der Waals surface area contributed by atoms with Gasteiger partial charge in [0.1, 0.15) is 11.6 Å². The van der Waals surface area contributed by atoms with Gasteiger partial charge < -0.3 is 9.55 Å². The molecule has 1 N–H and O–H groups in total. The molecule has 4 aromatic rings. The number of aromatic amines is 1. The van der Waals surface area contributed by atoms with Crippen LogP contribution in [0.2, 0.25) is 0 Å². The van der Waals surface area contributed by atoms with Crippen LogP contribution >= 0.6 is 11.8 Å². The van der Waals surface area contributed by atoms with Crippen molar-refractivity contribution in [3.8, 4) is 11.4 Å². The SMILES string of the molecule is CC(C)Cn1c(SCc2nc3ccccc3c(=O)[nH]2)nnc1-c1cccc(F)c1. The molecule has 0 aliphatic carbocycles. The molecule has 2 heterocycles. The van der Waals surface area contributed by atoms with Crippen molar-refractivity contribution >= 4 is 22.7 Å². The fraction of sp³-hybridized carbons (Fsp3) is 0.238. The number of benzene rings is 2. The molecular weight excluding hydrogens is 389 g/mol. The van der Waals surface area contributed by atoms with Gasteiger partial charge >= 0.3 is 0 Å². The van der Waals surface area contributed by atoms with Crippen molar-refractivity contribution in [2.24, 2.45) is 5.92 Å². The summed E-state index contributed by atoms with van der Waals surface area (Å²) in [5.41, 5.74) is 1.19. The van der Waals surface area contributed by atoms with Crippen LogP contribution in [0.3, 0.4) is 0 Å². The predicted octanol–water partition coefficient (Wildman–Crippen LogP) is 4.27. The molecule has 0 saturated heterocycles. The highest BCUT2D eigenvalue weighted by atomic mass is 32.2. The second-order valence-electron chi connectivity index (χ2n) is 7.14. The van der Waals surface area contributed by atoms with Gasteiger partial charge in [-0.3, -0.25) is 4.79 Å². The van der Waals surface area contributed by atoms with Crippen molar-refractivity contribution in [2.45, 2.75) is 31.3 Å². The molecule has 0 radical (unpaired) electrons. The number of nitrogens with zero attached hydrogens (tertiary/aromatic N) is 4. The Morgan fingerprint density at radius 3 is 2.76 bits per heavy atom. The van der Waals surface area contributed by atoms with Gasteiger partial charge in [-0.25, -0.2) is 9.37 Å². The average molecular weight is 409 g/mol. The largest absolute Gasteiger partial charge is 0.309 e. The molecule has 0 saturated carbocycles. The van der Waals surface area contributed by atoms with Gasteiger partial charge in [0, 0.05) is 12.1 Å². The van der Waals surface area contributed by atoms with Gasteiger partial charge in [0.05, 0.1) is 16.7 Å². The van der Waals surface area contributed by atoms with E-state index >= 15 is 0 Å². The molecule has 148 valence electrons. The summed E-state index contributed by atoms with van der Waals surface area (Å²) >= 11 is 1.44. The third-order valence-corrected chi connectivity index (χ3v) is 5.33. The first-order valence-corrected chi connectivity index (χ1v) is 10.3. The van der Waals surface area contributed by atoms with Crippen molar-refractivity contribution in [1.29, 1.82) is 0 Å². The van der Waals surface area contributed by atoms with Crippen LogP contribution in [0, 0.1) is 11.7 Å². The maximum atomic E-state index is 13.7. The van der Waals surface area contributed by atoms with Crippen LogP contribution in [0.25, 0.3) is 22.3 Å². The molecule has 0 fully saturated rings. The summed E-state index contributed by atoms with van der Waals surface area (Å²) in [6.07, 6.45) is 0. The van der Waals surface area contributed by atoms with E-state index in [-0.39, 0.29) is 11.4 Å². The Morgan fingerprint density at radius 2 is 1.97 bits per heavy atom. The zero-order valence-corrected chi connectivity index (χ0v) is 16.9. The van der Waals surface area contributed by atoms with Crippen LogP contribution in [0.15, 0.2) is 58.5 Å². The minimum Gasteiger partial charge on any atom is -0.309 e. The highest BCUT2D eigenvalue weighted by Gasteiger charge is 2.16. The van der Waals surface area contributed by atoms with Crippen molar-refractivity contribution in [2.75, 3.05) is 0 Å². The van der Waals surface area contributed by atoms with E-state index in [1.54, 1.807) is 12.1 Å². The molecule has 0 bridgehead atoms. The number of fused-ring (bicyclic) bond motifs is 1. The predicted molar refractivity (Wildman–Crippen MR) is 112 cm³/mol. The van der Waals surface area contributed by atoms with Gasteiger partial charge in [0.2, 0.25) is 0 Å². The smallest absolute Gasteiger partial charge is 0.258 e. The summed E-state index contributed by atoms with van der Waals surface area (Å²) in [7, 11) is 0. The Balaban J connectivity index is 1.64. The number of hydrogen-bond acceptors (Lipinski definition) is 5. The molecule has 6 nitrogen and oxygen atoms in total. The van der Waals surface area contributed by atoms with E-state index in [9.17, 15) is 9.18 Å². The molecular formula is C21H20FN5OS. The third-order valence-electron chi connectivity index (χ3n) is 4.35. The monoisotopic (exact) mass is 409 g/mol. The van der Waals surface area contributed by atoms with Gasteiger partial charge in [0.15, 0.2) is 11.0 Å². The fourth-order valence-corrected chi connectivity index (χ4v) is 3.92. The van der Waals surface area contributed by atoms with E-state index in [2.05, 4.69) is 34.0 Å². The average Bonchev–Trinajstić information content (AvgIpc) is 3.08. The summed E-state index contributed by atoms with van der Waals surface area (Å²) in [4.78, 5) is 19.6. The first-order chi connectivity index (χ1) is 14.0. The summed E-state index contributed by atoms with van der Waals surface area (Å²) in [6, 6.07) is 13.6. The van der Waals surface area contributed by atoms with E-state index < -0.39 is 0 Å². The molecule has 0 unspecified atom stereocenters. The third kappa shape index (κ3) is 4.22. The first kappa shape index (κ1) is 19.3. The van der Waals surface area contributed by atoms with Crippen LogP contribution in [0.5, 0.6) is 0 Å². The normalized spacial score (nSPS) is 11.4. The topological polar surface area (TPSA) is 76.5 Å². The Kier molecular flexibility index (Phi) is 5.44. The van der Waals surface area contributed by atoms with E-state index in [0.717, 1.165) is 0 Å². The molecule has 4 rings (SSSR count). The molecule has 2 aromatic carbocycles. The summed E-state index contributed by atoms with van der Waals surface area (Å²) in [5.74, 6) is 1.69. The Hall–Kier alpha value is -3.00. The van der Waals surface area contributed by atoms with Crippen molar-refractivity contribution in [1.82, 2.24) is 24.7 Å². The lowest BCUT2D eigenvalue weighted by molar-refractivity contribution is 0.497. The zero-order valence-electron chi connectivity index (χ0n) is 16.1. The minimum absolute atomic E-state index is 0.157. The molecule has 0 spiro atoms. The minimum atomic E-state index is -0.311. The van der Waals surface area contributed by atoms with Gasteiger partial charge in [-0.05, 0) is 30.2 Å². The van der Waals surface area contributed by atoms with E-state index in [4.69, 9.17) is 0 Å². The van der Waals surface area contributed by atoms with Crippen LogP contribution in [0.4, 0.5) is 4.39 Å². The first-order valence-electron chi connectivity index (χ1n) is 9.31. The van der Waals surface area contributed by atoms with Crippen molar-refractivity contribution in [3.05, 3.63) is 70.5 Å². The van der Waals surface area contributed by atoms with Gasteiger partial charge in [-0.2, -0.15) is 0 Å². The van der Waals surface area contributed by atoms with E-state index in [1.807, 2.05) is 28.8 Å². The summed E-state index contributed by atoms with van der Waals surface area (Å²) < 4.78 is 15.7.